The Kier molecular flexibility index (Phi) is 7.77. The Morgan fingerprint density at radius 1 is 0.607 bits per heavy atom. The predicted octanol–water partition coefficient (Wildman–Crippen LogP) is 8.98. The fraction of sp³-hybridized carbons (Fsp3) is 0.571. The number of unbranched alkanes of at least 4 members (excludes halogenated alkanes) is 8. The molecule has 0 bridgehead atoms. The lowest BCUT2D eigenvalue weighted by Crippen LogP contribution is -2.25. The minimum absolute atomic E-state index is 0.246. The summed E-state index contributed by atoms with van der Waals surface area (Å²) < 4.78 is 0. The first kappa shape index (κ1) is 21.2. The van der Waals surface area contributed by atoms with Crippen LogP contribution in [-0.2, 0) is 5.41 Å². The third-order valence-corrected chi connectivity index (χ3v) is 6.84. The zero-order valence-corrected chi connectivity index (χ0v) is 18.5. The van der Waals surface area contributed by atoms with E-state index in [4.69, 9.17) is 0 Å². The third kappa shape index (κ3) is 4.53. The summed E-state index contributed by atoms with van der Waals surface area (Å²) in [5.41, 5.74) is 7.90. The van der Waals surface area contributed by atoms with Crippen molar-refractivity contribution in [1.82, 2.24) is 0 Å². The Morgan fingerprint density at radius 3 is 1.82 bits per heavy atom. The van der Waals surface area contributed by atoms with Gasteiger partial charge in [0, 0.05) is 5.41 Å². The first-order chi connectivity index (χ1) is 13.7. The van der Waals surface area contributed by atoms with Gasteiger partial charge in [0.25, 0.3) is 0 Å². The molecule has 152 valence electrons. The fourth-order valence-corrected chi connectivity index (χ4v) is 5.29. The lowest BCUT2D eigenvalue weighted by molar-refractivity contribution is 0.399. The van der Waals surface area contributed by atoms with E-state index in [2.05, 4.69) is 63.2 Å². The molecule has 1 aliphatic rings. The van der Waals surface area contributed by atoms with E-state index in [1.54, 1.807) is 11.1 Å². The molecule has 0 N–H and O–H groups in total. The van der Waals surface area contributed by atoms with Crippen molar-refractivity contribution in [3.05, 3.63) is 59.2 Å². The van der Waals surface area contributed by atoms with Gasteiger partial charge in [0.1, 0.15) is 0 Å². The smallest absolute Gasteiger partial charge is 0.0215 e. The Labute approximate surface area is 173 Å². The average Bonchev–Trinajstić information content (AvgIpc) is 2.97. The molecule has 0 fully saturated rings. The summed E-state index contributed by atoms with van der Waals surface area (Å²) in [6, 6.07) is 16.5. The van der Waals surface area contributed by atoms with Gasteiger partial charge in [-0.2, -0.15) is 0 Å². The van der Waals surface area contributed by atoms with Crippen LogP contribution in [0.15, 0.2) is 42.5 Å². The molecule has 2 aromatic carbocycles. The van der Waals surface area contributed by atoms with Gasteiger partial charge in [-0.25, -0.2) is 0 Å². The van der Waals surface area contributed by atoms with E-state index < -0.39 is 0 Å². The Hall–Kier alpha value is -1.56. The third-order valence-electron chi connectivity index (χ3n) is 6.84. The minimum Gasteiger partial charge on any atom is -0.0654 e. The van der Waals surface area contributed by atoms with E-state index in [0.29, 0.717) is 0 Å². The van der Waals surface area contributed by atoms with Gasteiger partial charge in [-0.1, -0.05) is 126 Å². The molecule has 0 aliphatic heterocycles. The van der Waals surface area contributed by atoms with Crippen molar-refractivity contribution < 1.29 is 0 Å². The monoisotopic (exact) mass is 376 g/mol. The Morgan fingerprint density at radius 2 is 1.18 bits per heavy atom. The van der Waals surface area contributed by atoms with Crippen LogP contribution >= 0.6 is 0 Å². The number of aryl methyl sites for hydroxylation is 1. The highest BCUT2D eigenvalue weighted by molar-refractivity contribution is 5.81. The van der Waals surface area contributed by atoms with Crippen LogP contribution in [0.1, 0.15) is 108 Å². The van der Waals surface area contributed by atoms with Gasteiger partial charge in [-0.3, -0.25) is 0 Å². The molecule has 2 aromatic rings. The molecule has 0 saturated heterocycles. The zero-order valence-electron chi connectivity index (χ0n) is 18.5. The van der Waals surface area contributed by atoms with E-state index in [1.165, 1.54) is 93.7 Å². The normalized spacial score (nSPS) is 14.1. The van der Waals surface area contributed by atoms with Crippen LogP contribution in [0.2, 0.25) is 0 Å². The van der Waals surface area contributed by atoms with Crippen LogP contribution < -0.4 is 0 Å². The summed E-state index contributed by atoms with van der Waals surface area (Å²) in [5, 5.41) is 0. The first-order valence-corrected chi connectivity index (χ1v) is 11.9. The van der Waals surface area contributed by atoms with Gasteiger partial charge in [-0.05, 0) is 42.0 Å². The maximum absolute atomic E-state index is 2.51. The van der Waals surface area contributed by atoms with Crippen molar-refractivity contribution >= 4 is 0 Å². The minimum atomic E-state index is 0.246. The number of rotatable bonds is 12. The molecule has 0 aromatic heterocycles. The van der Waals surface area contributed by atoms with Gasteiger partial charge in [-0.15, -0.1) is 0 Å². The van der Waals surface area contributed by atoms with Crippen LogP contribution in [0.5, 0.6) is 0 Å². The highest BCUT2D eigenvalue weighted by Gasteiger charge is 2.41. The quantitative estimate of drug-likeness (QED) is 0.324. The number of hydrogen-bond acceptors (Lipinski definition) is 0. The van der Waals surface area contributed by atoms with E-state index in [0.717, 1.165) is 0 Å². The molecule has 0 heteroatoms. The standard InChI is InChI=1S/C28H40/c1-4-6-8-10-14-20-28(21-15-11-9-7-5-2)26-17-13-12-16-24(26)25-19-18-23(3)22-27(25)28/h12-13,16-19,22H,4-11,14-15,20-21H2,1-3H3. The number of fused-ring (bicyclic) bond motifs is 3. The largest absolute Gasteiger partial charge is 0.0654 e. The molecule has 0 atom stereocenters. The second-order valence-electron chi connectivity index (χ2n) is 9.01. The van der Waals surface area contributed by atoms with Crippen molar-refractivity contribution in [2.24, 2.45) is 0 Å². The van der Waals surface area contributed by atoms with Crippen molar-refractivity contribution in [3.8, 4) is 11.1 Å². The van der Waals surface area contributed by atoms with Crippen LogP contribution in [0.3, 0.4) is 0 Å². The van der Waals surface area contributed by atoms with Gasteiger partial charge >= 0.3 is 0 Å². The second kappa shape index (κ2) is 10.3. The van der Waals surface area contributed by atoms with Crippen molar-refractivity contribution in [2.45, 2.75) is 103 Å². The van der Waals surface area contributed by atoms with Crippen LogP contribution in [0.25, 0.3) is 11.1 Å². The average molecular weight is 377 g/mol. The van der Waals surface area contributed by atoms with Gasteiger partial charge in [0.05, 0.1) is 0 Å². The predicted molar refractivity (Wildman–Crippen MR) is 124 cm³/mol. The van der Waals surface area contributed by atoms with Crippen molar-refractivity contribution in [3.63, 3.8) is 0 Å². The summed E-state index contributed by atoms with van der Waals surface area (Å²) in [6.45, 7) is 6.88. The Bertz CT molecular complexity index is 725. The van der Waals surface area contributed by atoms with Gasteiger partial charge < -0.3 is 0 Å². The summed E-state index contributed by atoms with van der Waals surface area (Å²) in [6.07, 6.45) is 16.3. The molecule has 0 saturated carbocycles. The summed E-state index contributed by atoms with van der Waals surface area (Å²) in [4.78, 5) is 0. The molecule has 0 unspecified atom stereocenters. The molecular formula is C28H40. The lowest BCUT2D eigenvalue weighted by atomic mass is 9.70. The van der Waals surface area contributed by atoms with E-state index >= 15 is 0 Å². The fourth-order valence-electron chi connectivity index (χ4n) is 5.29. The summed E-state index contributed by atoms with van der Waals surface area (Å²) in [5.74, 6) is 0. The molecule has 1 aliphatic carbocycles. The number of hydrogen-bond donors (Lipinski definition) is 0. The summed E-state index contributed by atoms with van der Waals surface area (Å²) >= 11 is 0. The van der Waals surface area contributed by atoms with Crippen molar-refractivity contribution in [2.75, 3.05) is 0 Å². The van der Waals surface area contributed by atoms with Crippen LogP contribution in [-0.4, -0.2) is 0 Å². The molecule has 0 heterocycles. The van der Waals surface area contributed by atoms with E-state index in [9.17, 15) is 0 Å². The number of benzene rings is 2. The molecule has 28 heavy (non-hydrogen) atoms. The first-order valence-electron chi connectivity index (χ1n) is 11.9. The molecule has 3 rings (SSSR count). The van der Waals surface area contributed by atoms with Gasteiger partial charge in [0.2, 0.25) is 0 Å². The van der Waals surface area contributed by atoms with Gasteiger partial charge in [0.15, 0.2) is 0 Å². The molecular weight excluding hydrogens is 336 g/mol. The van der Waals surface area contributed by atoms with E-state index in [-0.39, 0.29) is 5.41 Å². The zero-order chi connectivity index (χ0) is 19.8. The SMILES string of the molecule is CCCCCCCC1(CCCCCCC)c2ccccc2-c2ccc(C)cc21. The highest BCUT2D eigenvalue weighted by Crippen LogP contribution is 2.54. The molecule has 0 amide bonds. The van der Waals surface area contributed by atoms with Crippen LogP contribution in [0.4, 0.5) is 0 Å². The summed E-state index contributed by atoms with van der Waals surface area (Å²) in [7, 11) is 0. The molecule has 0 nitrogen and oxygen atoms in total. The van der Waals surface area contributed by atoms with Crippen molar-refractivity contribution in [1.29, 1.82) is 0 Å². The topological polar surface area (TPSA) is 0 Å². The molecule has 0 spiro atoms. The maximum atomic E-state index is 2.51. The Balaban J connectivity index is 1.89. The van der Waals surface area contributed by atoms with E-state index in [1.807, 2.05) is 0 Å². The lowest BCUT2D eigenvalue weighted by Gasteiger charge is -2.33. The molecule has 0 radical (unpaired) electrons. The van der Waals surface area contributed by atoms with Crippen LogP contribution in [0, 0.1) is 6.92 Å². The second-order valence-corrected chi connectivity index (χ2v) is 9.01. The maximum Gasteiger partial charge on any atom is 0.0215 e. The highest BCUT2D eigenvalue weighted by atomic mass is 14.4.